The monoisotopic (exact) mass is 242 g/mol. The molecule has 93 valence electrons. The Hall–Kier alpha value is -2.10. The average Bonchev–Trinajstić information content (AvgIpc) is 2.45. The van der Waals surface area contributed by atoms with E-state index in [1.807, 2.05) is 24.3 Å². The second-order valence-corrected chi connectivity index (χ2v) is 3.73. The second kappa shape index (κ2) is 7.27. The van der Waals surface area contributed by atoms with Crippen LogP contribution in [0, 0.1) is 6.42 Å². The number of nitrogens with one attached hydrogen (secondary N) is 1. The molecule has 0 unspecified atom stereocenters. The summed E-state index contributed by atoms with van der Waals surface area (Å²) in [6.45, 7) is 1.51. The molecule has 0 bridgehead atoms. The van der Waals surface area contributed by atoms with Crippen molar-refractivity contribution in [2.75, 3.05) is 18.5 Å². The van der Waals surface area contributed by atoms with Gasteiger partial charge in [0, 0.05) is 37.0 Å². The van der Waals surface area contributed by atoms with Crippen LogP contribution in [0.5, 0.6) is 5.75 Å². The summed E-state index contributed by atoms with van der Waals surface area (Å²) in [7, 11) is 0. The fraction of sp³-hybridized carbons (Fsp3) is 0.214. The molecule has 0 atom stereocenters. The van der Waals surface area contributed by atoms with Gasteiger partial charge < -0.3 is 10.1 Å². The smallest absolute Gasteiger partial charge is 0.122 e. The van der Waals surface area contributed by atoms with Gasteiger partial charge in [-0.3, -0.25) is 9.97 Å². The van der Waals surface area contributed by atoms with Crippen molar-refractivity contribution in [3.63, 3.8) is 0 Å². The van der Waals surface area contributed by atoms with Crippen molar-refractivity contribution in [3.05, 3.63) is 55.5 Å². The number of aromatic nitrogens is 2. The first-order valence-electron chi connectivity index (χ1n) is 5.93. The first-order valence-corrected chi connectivity index (χ1v) is 5.93. The lowest BCUT2D eigenvalue weighted by molar-refractivity contribution is 0.320. The standard InChI is InChI=1S/C14H16N3O/c1(7-17-13-3-8-15-9-4-13)2-12-18-14-5-10-16-11-6-14/h1,3-6,8-11H,2,7,12H2,(H,15,17). The Morgan fingerprint density at radius 1 is 1.00 bits per heavy atom. The van der Waals surface area contributed by atoms with Crippen molar-refractivity contribution in [1.29, 1.82) is 0 Å². The van der Waals surface area contributed by atoms with Crippen molar-refractivity contribution in [3.8, 4) is 5.75 Å². The van der Waals surface area contributed by atoms with E-state index in [4.69, 9.17) is 4.74 Å². The third-order valence-electron chi connectivity index (χ3n) is 2.37. The summed E-state index contributed by atoms with van der Waals surface area (Å²) < 4.78 is 5.55. The predicted molar refractivity (Wildman–Crippen MR) is 71.4 cm³/mol. The number of nitrogens with zero attached hydrogens (tertiary/aromatic N) is 2. The maximum absolute atomic E-state index is 5.55. The van der Waals surface area contributed by atoms with Gasteiger partial charge in [-0.05, 0) is 37.1 Å². The molecule has 0 saturated heterocycles. The van der Waals surface area contributed by atoms with Gasteiger partial charge in [-0.15, -0.1) is 0 Å². The van der Waals surface area contributed by atoms with E-state index < -0.39 is 0 Å². The number of hydrogen-bond acceptors (Lipinski definition) is 4. The first kappa shape index (κ1) is 12.4. The van der Waals surface area contributed by atoms with Crippen LogP contribution in [0.1, 0.15) is 6.42 Å². The molecule has 2 heterocycles. The zero-order valence-electron chi connectivity index (χ0n) is 10.1. The maximum atomic E-state index is 5.55. The molecule has 0 aliphatic heterocycles. The fourth-order valence-electron chi connectivity index (χ4n) is 1.46. The fourth-order valence-corrected chi connectivity index (χ4v) is 1.46. The van der Waals surface area contributed by atoms with E-state index >= 15 is 0 Å². The van der Waals surface area contributed by atoms with E-state index in [-0.39, 0.29) is 0 Å². The number of pyridine rings is 2. The summed E-state index contributed by atoms with van der Waals surface area (Å²) in [5.41, 5.74) is 1.08. The predicted octanol–water partition coefficient (Wildman–Crippen LogP) is 2.56. The molecule has 0 aliphatic rings. The van der Waals surface area contributed by atoms with Gasteiger partial charge in [0.2, 0.25) is 0 Å². The highest BCUT2D eigenvalue weighted by Crippen LogP contribution is 2.07. The number of rotatable bonds is 7. The van der Waals surface area contributed by atoms with Crippen LogP contribution < -0.4 is 10.1 Å². The van der Waals surface area contributed by atoms with Gasteiger partial charge in [-0.1, -0.05) is 0 Å². The zero-order chi connectivity index (χ0) is 12.5. The second-order valence-electron chi connectivity index (χ2n) is 3.73. The van der Waals surface area contributed by atoms with Crippen LogP contribution in [-0.4, -0.2) is 23.1 Å². The lowest BCUT2D eigenvalue weighted by Crippen LogP contribution is -2.05. The Bertz CT molecular complexity index is 390. The quantitative estimate of drug-likeness (QED) is 0.758. The minimum Gasteiger partial charge on any atom is -0.493 e. The van der Waals surface area contributed by atoms with Gasteiger partial charge in [0.1, 0.15) is 5.75 Å². The molecule has 2 aromatic rings. The van der Waals surface area contributed by atoms with Gasteiger partial charge in [-0.25, -0.2) is 0 Å². The molecule has 0 amide bonds. The van der Waals surface area contributed by atoms with E-state index in [1.54, 1.807) is 24.8 Å². The Morgan fingerprint density at radius 3 is 2.39 bits per heavy atom. The minimum absolute atomic E-state index is 0.683. The third-order valence-corrected chi connectivity index (χ3v) is 2.37. The molecular formula is C14H16N3O. The Balaban J connectivity index is 1.54. The molecule has 0 aliphatic carbocycles. The first-order chi connectivity index (χ1) is 8.95. The summed E-state index contributed by atoms with van der Waals surface area (Å²) in [6, 6.07) is 7.60. The number of hydrogen-bond donors (Lipinski definition) is 1. The molecule has 0 aromatic carbocycles. The van der Waals surface area contributed by atoms with E-state index in [0.717, 1.165) is 24.4 Å². The van der Waals surface area contributed by atoms with E-state index in [2.05, 4.69) is 21.7 Å². The van der Waals surface area contributed by atoms with Crippen molar-refractivity contribution in [2.24, 2.45) is 0 Å². The van der Waals surface area contributed by atoms with Gasteiger partial charge >= 0.3 is 0 Å². The number of ether oxygens (including phenoxy) is 1. The highest BCUT2D eigenvalue weighted by molar-refractivity contribution is 5.40. The average molecular weight is 242 g/mol. The van der Waals surface area contributed by atoms with Gasteiger partial charge in [-0.2, -0.15) is 0 Å². The van der Waals surface area contributed by atoms with Crippen LogP contribution >= 0.6 is 0 Å². The highest BCUT2D eigenvalue weighted by Gasteiger charge is 1.93. The normalized spacial score (nSPS) is 10.0. The van der Waals surface area contributed by atoms with Gasteiger partial charge in [0.25, 0.3) is 0 Å². The van der Waals surface area contributed by atoms with E-state index in [9.17, 15) is 0 Å². The molecule has 18 heavy (non-hydrogen) atoms. The SMILES string of the molecule is [CH](CCOc1ccncc1)CNc1ccncc1. The van der Waals surface area contributed by atoms with Crippen molar-refractivity contribution in [1.82, 2.24) is 9.97 Å². The topological polar surface area (TPSA) is 47.0 Å². The largest absolute Gasteiger partial charge is 0.493 e. The molecule has 0 saturated carbocycles. The molecule has 4 nitrogen and oxygen atoms in total. The number of anilines is 1. The van der Waals surface area contributed by atoms with Crippen LogP contribution in [0.15, 0.2) is 49.1 Å². The Kier molecular flexibility index (Phi) is 4.99. The van der Waals surface area contributed by atoms with Crippen LogP contribution in [0.2, 0.25) is 0 Å². The summed E-state index contributed by atoms with van der Waals surface area (Å²) in [5, 5.41) is 3.28. The third kappa shape index (κ3) is 4.41. The lowest BCUT2D eigenvalue weighted by Gasteiger charge is -2.07. The van der Waals surface area contributed by atoms with Crippen LogP contribution in [0.3, 0.4) is 0 Å². The summed E-state index contributed by atoms with van der Waals surface area (Å²) in [6.07, 6.45) is 10.1. The van der Waals surface area contributed by atoms with Crippen LogP contribution in [0.4, 0.5) is 5.69 Å². The van der Waals surface area contributed by atoms with Crippen LogP contribution in [-0.2, 0) is 0 Å². The van der Waals surface area contributed by atoms with E-state index in [1.165, 1.54) is 0 Å². The summed E-state index contributed by atoms with van der Waals surface area (Å²) >= 11 is 0. The lowest BCUT2D eigenvalue weighted by atomic mass is 10.3. The summed E-state index contributed by atoms with van der Waals surface area (Å²) in [4.78, 5) is 7.90. The molecule has 0 fully saturated rings. The van der Waals surface area contributed by atoms with Gasteiger partial charge in [0.05, 0.1) is 6.61 Å². The molecule has 4 heteroatoms. The minimum atomic E-state index is 0.683. The molecule has 1 N–H and O–H groups in total. The Labute approximate surface area is 107 Å². The molecule has 2 aromatic heterocycles. The molecular weight excluding hydrogens is 226 g/mol. The molecule has 2 rings (SSSR count). The van der Waals surface area contributed by atoms with Crippen molar-refractivity contribution in [2.45, 2.75) is 6.42 Å². The molecule has 0 spiro atoms. The summed E-state index contributed by atoms with van der Waals surface area (Å²) in [5.74, 6) is 0.862. The van der Waals surface area contributed by atoms with Crippen molar-refractivity contribution < 1.29 is 4.74 Å². The van der Waals surface area contributed by atoms with E-state index in [0.29, 0.717) is 6.61 Å². The highest BCUT2D eigenvalue weighted by atomic mass is 16.5. The zero-order valence-corrected chi connectivity index (χ0v) is 10.1. The Morgan fingerprint density at radius 2 is 1.67 bits per heavy atom. The van der Waals surface area contributed by atoms with Crippen LogP contribution in [0.25, 0.3) is 0 Å². The van der Waals surface area contributed by atoms with Gasteiger partial charge in [0.15, 0.2) is 0 Å². The number of unbranched alkanes of at least 4 members (excludes halogenated alkanes) is 1. The molecule has 1 radical (unpaired) electrons. The van der Waals surface area contributed by atoms with Crippen molar-refractivity contribution >= 4 is 5.69 Å². The maximum Gasteiger partial charge on any atom is 0.122 e.